The fourth-order valence-electron chi connectivity index (χ4n) is 17.6. The molecule has 0 radical (unpaired) electrons. The van der Waals surface area contributed by atoms with Crippen LogP contribution in [0.5, 0.6) is 0 Å². The Balaban J connectivity index is 0.000000243. The molecule has 5 aliphatic carbocycles. The third-order valence-electron chi connectivity index (χ3n) is 24.7. The molecule has 5 aliphatic rings. The molecular weight excluding hydrogens is 1690 g/mol. The van der Waals surface area contributed by atoms with Crippen LogP contribution in [0.1, 0.15) is 196 Å². The molecular formula is C81H91F4N7O34. The number of rotatable bonds is 22. The number of hydrogen-bond acceptors (Lipinski definition) is 34. The topological polar surface area (TPSA) is 675 Å². The van der Waals surface area contributed by atoms with Crippen molar-refractivity contribution < 1.29 is 151 Å². The minimum atomic E-state index is -4.57. The molecule has 41 nitrogen and oxygen atoms in total. The summed E-state index contributed by atoms with van der Waals surface area (Å²) >= 11 is 0. The Labute approximate surface area is 710 Å². The van der Waals surface area contributed by atoms with Gasteiger partial charge in [0, 0.05) is 48.9 Å². The maximum absolute atomic E-state index is 13.1. The molecule has 5 saturated carbocycles. The summed E-state index contributed by atoms with van der Waals surface area (Å²) in [6.07, 6.45) is -8.23. The Morgan fingerprint density at radius 3 is 0.563 bits per heavy atom. The quantitative estimate of drug-likeness (QED) is 0.0241. The number of halogens is 4. The van der Waals surface area contributed by atoms with E-state index in [9.17, 15) is 187 Å². The van der Waals surface area contributed by atoms with Crippen LogP contribution < -0.4 is 0 Å². The van der Waals surface area contributed by atoms with E-state index in [1.807, 2.05) is 0 Å². The van der Waals surface area contributed by atoms with E-state index >= 15 is 0 Å². The van der Waals surface area contributed by atoms with Crippen molar-refractivity contribution in [2.45, 2.75) is 255 Å². The smallest absolute Gasteiger partial charge is 0.376 e. The van der Waals surface area contributed by atoms with E-state index in [1.54, 1.807) is 30.3 Å². The van der Waals surface area contributed by atoms with Crippen LogP contribution in [-0.4, -0.2) is 230 Å². The first-order valence-corrected chi connectivity index (χ1v) is 38.2. The first-order chi connectivity index (χ1) is 57.7. The summed E-state index contributed by atoms with van der Waals surface area (Å²) in [4.78, 5) is 192. The van der Waals surface area contributed by atoms with Crippen LogP contribution in [0.3, 0.4) is 0 Å². The molecule has 20 atom stereocenters. The Bertz CT molecular complexity index is 4850. The Morgan fingerprint density at radius 2 is 0.421 bits per heavy atom. The Kier molecular flexibility index (Phi) is 31.0. The molecule has 0 saturated heterocycles. The zero-order valence-corrected chi connectivity index (χ0v) is 68.9. The van der Waals surface area contributed by atoms with Gasteiger partial charge in [-0.1, -0.05) is 78.9 Å². The van der Waals surface area contributed by atoms with E-state index in [2.05, 4.69) is 0 Å². The van der Waals surface area contributed by atoms with Crippen molar-refractivity contribution in [3.63, 3.8) is 0 Å². The van der Waals surface area contributed by atoms with Crippen molar-refractivity contribution in [2.75, 3.05) is 0 Å². The third-order valence-corrected chi connectivity index (χ3v) is 24.7. The van der Waals surface area contributed by atoms with Gasteiger partial charge in [-0.3, -0.25) is 119 Å². The maximum Gasteiger partial charge on any atom is 0.416 e. The van der Waals surface area contributed by atoms with Crippen molar-refractivity contribution in [2.24, 2.45) is 0 Å². The standard InChI is InChI=1S/C17H18F3NO6.C16H18FNO6.2C16H18N2O8.C16H19NO6/c1-9(22)15(24)7-12(8-16(25,10(2)23)14(15)21(26)27)11-3-5-13(6-4-11)17(18,19)20;1-9(19)15(21)7-12(11-3-5-13(17)6-4-11)8-16(22,10(2)20)14(15)18(23)24;2*1-9(19)15(21)7-12(11-3-5-13(6-4-11)17(23)24)8-16(22,10(2)20)14(15)18(25)26;1-10(18)15(20)8-13(12-6-4-3-5-7-12)9-16(21,11(2)19)14(15)17(22)23/h3-6,12,14,24-25H,7-8H2,1-2H3;3-6,12,14,21-22H,7-8H2,1-2H3;2*3-6,12,14,21-22H,7-8H2,1-2H3;3-7,13-14,20-21H,8-9H2,1-2H3/t4*12?,14?,15-,16+;13?,14?,15-,16+. The van der Waals surface area contributed by atoms with Crippen molar-refractivity contribution in [1.82, 2.24) is 0 Å². The van der Waals surface area contributed by atoms with Gasteiger partial charge in [0.05, 0.1) is 15.4 Å². The predicted molar refractivity (Wildman–Crippen MR) is 421 cm³/mol. The summed E-state index contributed by atoms with van der Waals surface area (Å²) in [6.45, 7) is 9.62. The van der Waals surface area contributed by atoms with E-state index in [4.69, 9.17) is 0 Å². The molecule has 0 heterocycles. The maximum atomic E-state index is 13.1. The normalized spacial score (nSPS) is 32.1. The van der Waals surface area contributed by atoms with Gasteiger partial charge in [-0.15, -0.1) is 0 Å². The summed E-state index contributed by atoms with van der Waals surface area (Å²) in [7, 11) is 0. The summed E-state index contributed by atoms with van der Waals surface area (Å²) < 4.78 is 51.2. The van der Waals surface area contributed by atoms with Crippen molar-refractivity contribution >= 4 is 69.2 Å². The first kappa shape index (κ1) is 103. The van der Waals surface area contributed by atoms with Crippen LogP contribution in [-0.2, 0) is 54.1 Å². The number of nitro benzene ring substituents is 2. The summed E-state index contributed by atoms with van der Waals surface area (Å²) in [5, 5.41) is 186. The molecule has 5 aromatic rings. The summed E-state index contributed by atoms with van der Waals surface area (Å²) in [5.41, 5.74) is -24.4. The number of nitrogens with zero attached hydrogens (tertiary/aromatic N) is 7. The molecule has 45 heteroatoms. The second kappa shape index (κ2) is 38.0. The molecule has 10 rings (SSSR count). The molecule has 5 fully saturated rings. The van der Waals surface area contributed by atoms with Crippen LogP contribution in [0.2, 0.25) is 0 Å². The van der Waals surface area contributed by atoms with Crippen LogP contribution in [0.4, 0.5) is 28.9 Å². The Morgan fingerprint density at radius 1 is 0.270 bits per heavy atom. The summed E-state index contributed by atoms with van der Waals surface area (Å²) in [6, 6.07) is 17.0. The van der Waals surface area contributed by atoms with Gasteiger partial charge in [0.2, 0.25) is 0 Å². The number of non-ortho nitro benzene ring substituents is 2. The average Bonchev–Trinajstić information content (AvgIpc) is 0.753. The minimum Gasteiger partial charge on any atom is -0.376 e. The van der Waals surface area contributed by atoms with E-state index in [-0.39, 0.29) is 68.3 Å². The lowest BCUT2D eigenvalue weighted by molar-refractivity contribution is -0.564. The highest BCUT2D eigenvalue weighted by Gasteiger charge is 2.73. The first-order valence-electron chi connectivity index (χ1n) is 38.2. The number of ketones is 10. The fraction of sp³-hybridized carbons (Fsp3) is 0.506. The largest absolute Gasteiger partial charge is 0.416 e. The number of nitro groups is 7. The monoisotopic (exact) mass is 1780 g/mol. The lowest BCUT2D eigenvalue weighted by Crippen LogP contribution is -2.69. The average molecular weight is 1780 g/mol. The predicted octanol–water partition coefficient (Wildman–Crippen LogP) is 5.22. The number of carbonyl (C=O) groups excluding carboxylic acids is 10. The van der Waals surface area contributed by atoms with E-state index in [1.165, 1.54) is 60.7 Å². The van der Waals surface area contributed by atoms with Crippen molar-refractivity contribution in [3.8, 4) is 0 Å². The highest BCUT2D eigenvalue weighted by molar-refractivity contribution is 5.95. The van der Waals surface area contributed by atoms with Crippen LogP contribution >= 0.6 is 0 Å². The molecule has 0 aromatic heterocycles. The molecule has 0 aliphatic heterocycles. The molecule has 5 aromatic carbocycles. The third kappa shape index (κ3) is 20.4. The van der Waals surface area contributed by atoms with E-state index in [0.717, 1.165) is 106 Å². The fourth-order valence-corrected chi connectivity index (χ4v) is 17.6. The molecule has 0 bridgehead atoms. The highest BCUT2D eigenvalue weighted by Crippen LogP contribution is 2.53. The molecule has 0 amide bonds. The van der Waals surface area contributed by atoms with Crippen LogP contribution in [0.25, 0.3) is 0 Å². The van der Waals surface area contributed by atoms with Gasteiger partial charge >= 0.3 is 6.18 Å². The zero-order valence-electron chi connectivity index (χ0n) is 68.9. The Hall–Kier alpha value is -12.1. The highest BCUT2D eigenvalue weighted by atomic mass is 19.4. The number of aliphatic hydroxyl groups is 10. The minimum absolute atomic E-state index is 0.184. The molecule has 126 heavy (non-hydrogen) atoms. The number of benzene rings is 5. The van der Waals surface area contributed by atoms with Gasteiger partial charge in [-0.25, -0.2) is 4.39 Å². The van der Waals surface area contributed by atoms with Gasteiger partial charge in [-0.05, 0) is 215 Å². The second-order valence-electron chi connectivity index (χ2n) is 32.5. The second-order valence-corrected chi connectivity index (χ2v) is 32.5. The van der Waals surface area contributed by atoms with E-state index < -0.39 is 239 Å². The number of carbonyl (C=O) groups is 10. The van der Waals surface area contributed by atoms with Gasteiger partial charge < -0.3 is 51.1 Å². The molecule has 10 N–H and O–H groups in total. The lowest BCUT2D eigenvalue weighted by atomic mass is 9.62. The SMILES string of the molecule is CC(=O)[C@]1(O)CC(c2ccc(C(F)(F)F)cc2)C[C@](O)(C(C)=O)C1[N+](=O)[O-].CC(=O)[C@]1(O)CC(c2ccc(F)cc2)C[C@](O)(C(C)=O)C1[N+](=O)[O-].CC(=O)[C@]1(O)CC(c2ccc([N+](=O)[O-])cc2)C[C@](O)(C(C)=O)C1[N+](=O)[O-].CC(=O)[C@]1(O)CC(c2ccc([N+](=O)[O-])cc2)C[C@](O)(C(C)=O)C1[N+](=O)[O-].CC(=O)[C@]1(O)CC(c2ccccc2)C[C@](O)(C(C)=O)C1[N+](=O)[O-]. The van der Waals surface area contributed by atoms with E-state index in [0.29, 0.717) is 22.3 Å². The number of alkyl halides is 3. The number of hydrogen-bond donors (Lipinski definition) is 10. The zero-order chi connectivity index (χ0) is 96.2. The molecule has 682 valence electrons. The summed E-state index contributed by atoms with van der Waals surface area (Å²) in [5.74, 6) is -13.5. The van der Waals surface area contributed by atoms with Gasteiger partial charge in [0.1, 0.15) is 5.82 Å². The van der Waals surface area contributed by atoms with Crippen molar-refractivity contribution in [1.29, 1.82) is 0 Å². The molecule has 10 unspecified atom stereocenters. The van der Waals surface area contributed by atoms with Crippen molar-refractivity contribution in [3.05, 3.63) is 237 Å². The van der Waals surface area contributed by atoms with Gasteiger partial charge in [0.25, 0.3) is 41.6 Å². The molecule has 0 spiro atoms. The van der Waals surface area contributed by atoms with Crippen LogP contribution in [0, 0.1) is 76.6 Å². The number of Topliss-reactive ketones (excluding diaryl/α,β-unsaturated/α-hetero) is 10. The van der Waals surface area contributed by atoms with Gasteiger partial charge in [-0.2, -0.15) is 13.2 Å². The lowest BCUT2D eigenvalue weighted by Gasteiger charge is -2.45. The van der Waals surface area contributed by atoms with Gasteiger partial charge in [0.15, 0.2) is 114 Å². The van der Waals surface area contributed by atoms with Crippen LogP contribution in [0.15, 0.2) is 127 Å².